The van der Waals surface area contributed by atoms with Gasteiger partial charge >= 0.3 is 0 Å². The lowest BCUT2D eigenvalue weighted by Gasteiger charge is -2.10. The van der Waals surface area contributed by atoms with Gasteiger partial charge in [-0.3, -0.25) is 0 Å². The fourth-order valence-corrected chi connectivity index (χ4v) is 2.08. The van der Waals surface area contributed by atoms with Crippen molar-refractivity contribution in [3.8, 4) is 0 Å². The summed E-state index contributed by atoms with van der Waals surface area (Å²) in [5.41, 5.74) is 0.995. The number of nitrogens with zero attached hydrogens (tertiary/aromatic N) is 1. The highest BCUT2D eigenvalue weighted by Gasteiger charge is 2.14. The Hall–Kier alpha value is -0.840. The third kappa shape index (κ3) is 4.80. The molecular weight excluding hydrogens is 252 g/mol. The maximum atomic E-state index is 5.79. The molecule has 0 amide bonds. The normalized spacial score (nSPS) is 19.1. The third-order valence-electron chi connectivity index (χ3n) is 2.85. The van der Waals surface area contributed by atoms with Crippen molar-refractivity contribution in [1.29, 1.82) is 0 Å². The summed E-state index contributed by atoms with van der Waals surface area (Å²) in [7, 11) is 0. The predicted molar refractivity (Wildman–Crippen MR) is 72.1 cm³/mol. The van der Waals surface area contributed by atoms with Crippen LogP contribution in [0.5, 0.6) is 0 Å². The lowest BCUT2D eigenvalue weighted by atomic mass is 10.2. The monoisotopic (exact) mass is 270 g/mol. The first-order valence-corrected chi connectivity index (χ1v) is 6.77. The fourth-order valence-electron chi connectivity index (χ4n) is 1.91. The molecule has 0 saturated carbocycles. The van der Waals surface area contributed by atoms with Gasteiger partial charge in [0.15, 0.2) is 0 Å². The smallest absolute Gasteiger partial charge is 0.131 e. The molecule has 1 unspecified atom stereocenters. The minimum Gasteiger partial charge on any atom is -0.385 e. The number of nitrogens with one attached hydrogen (secondary N) is 1. The lowest BCUT2D eigenvalue weighted by Crippen LogP contribution is -2.15. The van der Waals surface area contributed by atoms with Gasteiger partial charge in [-0.25, -0.2) is 4.98 Å². The second-order valence-corrected chi connectivity index (χ2v) is 4.74. The van der Waals surface area contributed by atoms with Crippen LogP contribution in [0.25, 0.3) is 0 Å². The average molecular weight is 271 g/mol. The first kappa shape index (κ1) is 13.6. The van der Waals surface area contributed by atoms with Gasteiger partial charge in [-0.05, 0) is 31.4 Å². The summed E-state index contributed by atoms with van der Waals surface area (Å²) < 4.78 is 11.1. The summed E-state index contributed by atoms with van der Waals surface area (Å²) in [6, 6.07) is 3.72. The molecule has 1 aliphatic heterocycles. The van der Waals surface area contributed by atoms with Gasteiger partial charge in [0.25, 0.3) is 0 Å². The predicted octanol–water partition coefficient (Wildman–Crippen LogP) is 2.73. The summed E-state index contributed by atoms with van der Waals surface area (Å²) >= 11 is 5.79. The molecule has 18 heavy (non-hydrogen) atoms. The topological polar surface area (TPSA) is 43.4 Å². The number of rotatable bonds is 7. The van der Waals surface area contributed by atoms with Crippen LogP contribution in [-0.2, 0) is 9.47 Å². The standard InChI is InChI=1S/C13H19ClN2O2/c14-13-9-11(4-6-16-13)15-5-2-7-17-10-12-3-1-8-18-12/h4,6,9,12H,1-3,5,7-8,10H2,(H,15,16). The number of halogens is 1. The van der Waals surface area contributed by atoms with E-state index in [4.69, 9.17) is 21.1 Å². The molecule has 100 valence electrons. The highest BCUT2D eigenvalue weighted by molar-refractivity contribution is 6.29. The Morgan fingerprint density at radius 1 is 1.56 bits per heavy atom. The van der Waals surface area contributed by atoms with Crippen LogP contribution in [-0.4, -0.2) is 37.5 Å². The molecule has 0 aliphatic carbocycles. The van der Waals surface area contributed by atoms with Gasteiger partial charge in [0.1, 0.15) is 5.15 Å². The number of pyridine rings is 1. The molecule has 0 radical (unpaired) electrons. The molecule has 0 bridgehead atoms. The van der Waals surface area contributed by atoms with Gasteiger partial charge in [-0.15, -0.1) is 0 Å². The first-order valence-electron chi connectivity index (χ1n) is 6.39. The summed E-state index contributed by atoms with van der Waals surface area (Å²) in [6.07, 6.45) is 5.27. The van der Waals surface area contributed by atoms with Gasteiger partial charge in [0.2, 0.25) is 0 Å². The second-order valence-electron chi connectivity index (χ2n) is 4.36. The van der Waals surface area contributed by atoms with E-state index >= 15 is 0 Å². The fraction of sp³-hybridized carbons (Fsp3) is 0.615. The van der Waals surface area contributed by atoms with Crippen LogP contribution in [0.3, 0.4) is 0 Å². The van der Waals surface area contributed by atoms with E-state index in [1.807, 2.05) is 12.1 Å². The van der Waals surface area contributed by atoms with E-state index in [-0.39, 0.29) is 0 Å². The van der Waals surface area contributed by atoms with Gasteiger partial charge in [0.05, 0.1) is 12.7 Å². The van der Waals surface area contributed by atoms with Gasteiger partial charge in [-0.2, -0.15) is 0 Å². The SMILES string of the molecule is Clc1cc(NCCCOCC2CCCO2)ccn1. The Balaban J connectivity index is 1.50. The largest absolute Gasteiger partial charge is 0.385 e. The zero-order valence-corrected chi connectivity index (χ0v) is 11.2. The molecule has 1 N–H and O–H groups in total. The van der Waals surface area contributed by atoms with Crippen LogP contribution in [0, 0.1) is 0 Å². The zero-order chi connectivity index (χ0) is 12.6. The number of hydrogen-bond acceptors (Lipinski definition) is 4. The molecule has 1 atom stereocenters. The number of anilines is 1. The van der Waals surface area contributed by atoms with Crippen LogP contribution in [0.4, 0.5) is 5.69 Å². The van der Waals surface area contributed by atoms with Crippen LogP contribution in [0.2, 0.25) is 5.15 Å². The Morgan fingerprint density at radius 3 is 3.28 bits per heavy atom. The Labute approximate surface area is 113 Å². The number of hydrogen-bond donors (Lipinski definition) is 1. The quantitative estimate of drug-likeness (QED) is 0.611. The molecule has 1 aromatic rings. The molecule has 1 aliphatic rings. The van der Waals surface area contributed by atoms with E-state index in [2.05, 4.69) is 10.3 Å². The van der Waals surface area contributed by atoms with Crippen LogP contribution < -0.4 is 5.32 Å². The highest BCUT2D eigenvalue weighted by Crippen LogP contribution is 2.13. The minimum atomic E-state index is 0.317. The molecule has 2 heterocycles. The van der Waals surface area contributed by atoms with E-state index in [1.165, 1.54) is 6.42 Å². The summed E-state index contributed by atoms with van der Waals surface area (Å²) in [5.74, 6) is 0. The number of ether oxygens (including phenoxy) is 2. The van der Waals surface area contributed by atoms with Crippen LogP contribution >= 0.6 is 11.6 Å². The van der Waals surface area contributed by atoms with E-state index in [1.54, 1.807) is 6.20 Å². The van der Waals surface area contributed by atoms with E-state index in [0.717, 1.165) is 44.9 Å². The van der Waals surface area contributed by atoms with Crippen molar-refractivity contribution >= 4 is 17.3 Å². The Kier molecular flexibility index (Phi) is 5.71. The molecular formula is C13H19ClN2O2. The van der Waals surface area contributed by atoms with Gasteiger partial charge < -0.3 is 14.8 Å². The van der Waals surface area contributed by atoms with E-state index in [9.17, 15) is 0 Å². The summed E-state index contributed by atoms with van der Waals surface area (Å²) in [4.78, 5) is 3.93. The zero-order valence-electron chi connectivity index (χ0n) is 10.4. The molecule has 1 saturated heterocycles. The molecule has 1 fully saturated rings. The summed E-state index contributed by atoms with van der Waals surface area (Å²) in [5, 5.41) is 3.79. The van der Waals surface area contributed by atoms with Crippen molar-refractivity contribution in [1.82, 2.24) is 4.98 Å². The van der Waals surface area contributed by atoms with Crippen molar-refractivity contribution in [2.45, 2.75) is 25.4 Å². The molecule has 0 aromatic carbocycles. The van der Waals surface area contributed by atoms with Crippen molar-refractivity contribution < 1.29 is 9.47 Å². The maximum absolute atomic E-state index is 5.79. The molecule has 2 rings (SSSR count). The van der Waals surface area contributed by atoms with Crippen LogP contribution in [0.15, 0.2) is 18.3 Å². The van der Waals surface area contributed by atoms with Crippen molar-refractivity contribution in [2.24, 2.45) is 0 Å². The highest BCUT2D eigenvalue weighted by atomic mass is 35.5. The van der Waals surface area contributed by atoms with E-state index < -0.39 is 0 Å². The van der Waals surface area contributed by atoms with Crippen molar-refractivity contribution in [3.05, 3.63) is 23.5 Å². The molecule has 5 heteroatoms. The maximum Gasteiger partial charge on any atom is 0.131 e. The minimum absolute atomic E-state index is 0.317. The van der Waals surface area contributed by atoms with Gasteiger partial charge in [0, 0.05) is 31.6 Å². The Morgan fingerprint density at radius 2 is 2.50 bits per heavy atom. The van der Waals surface area contributed by atoms with Gasteiger partial charge in [-0.1, -0.05) is 11.6 Å². The average Bonchev–Trinajstić information content (AvgIpc) is 2.87. The molecule has 4 nitrogen and oxygen atoms in total. The molecule has 1 aromatic heterocycles. The first-order chi connectivity index (χ1) is 8.84. The van der Waals surface area contributed by atoms with E-state index in [0.29, 0.717) is 11.3 Å². The summed E-state index contributed by atoms with van der Waals surface area (Å²) in [6.45, 7) is 3.23. The third-order valence-corrected chi connectivity index (χ3v) is 3.06. The van der Waals surface area contributed by atoms with Crippen molar-refractivity contribution in [2.75, 3.05) is 31.7 Å². The molecule has 0 spiro atoms. The Bertz CT molecular complexity index is 357. The van der Waals surface area contributed by atoms with Crippen molar-refractivity contribution in [3.63, 3.8) is 0 Å². The van der Waals surface area contributed by atoms with Crippen LogP contribution in [0.1, 0.15) is 19.3 Å². The number of aromatic nitrogens is 1. The lowest BCUT2D eigenvalue weighted by molar-refractivity contribution is 0.0172. The second kappa shape index (κ2) is 7.56.